The van der Waals surface area contributed by atoms with Crippen molar-refractivity contribution in [3.63, 3.8) is 0 Å². The van der Waals surface area contributed by atoms with Gasteiger partial charge in [0.1, 0.15) is 0 Å². The highest BCUT2D eigenvalue weighted by Crippen LogP contribution is 2.59. The number of benzene rings is 1. The van der Waals surface area contributed by atoms with Crippen LogP contribution in [0.2, 0.25) is 0 Å². The van der Waals surface area contributed by atoms with Crippen molar-refractivity contribution in [2.45, 2.75) is 77.2 Å². The zero-order valence-corrected chi connectivity index (χ0v) is 13.9. The van der Waals surface area contributed by atoms with E-state index in [1.54, 1.807) is 0 Å². The summed E-state index contributed by atoms with van der Waals surface area (Å²) < 4.78 is 0. The van der Waals surface area contributed by atoms with Crippen LogP contribution in [-0.4, -0.2) is 10.7 Å². The Morgan fingerprint density at radius 3 is 2.76 bits per heavy atom. The SMILES string of the molecule is CC(C)CCC1(O)CCCC2c3ccccc3CCC21C. The molecule has 0 bridgehead atoms. The molecule has 0 heterocycles. The third-order valence-corrected chi connectivity index (χ3v) is 6.39. The van der Waals surface area contributed by atoms with E-state index in [4.69, 9.17) is 0 Å². The summed E-state index contributed by atoms with van der Waals surface area (Å²) in [6, 6.07) is 8.93. The topological polar surface area (TPSA) is 20.2 Å². The largest absolute Gasteiger partial charge is 0.389 e. The van der Waals surface area contributed by atoms with Gasteiger partial charge in [-0.15, -0.1) is 0 Å². The predicted octanol–water partition coefficient (Wildman–Crippen LogP) is 5.07. The summed E-state index contributed by atoms with van der Waals surface area (Å²) in [7, 11) is 0. The second kappa shape index (κ2) is 5.43. The van der Waals surface area contributed by atoms with Gasteiger partial charge < -0.3 is 5.11 Å². The highest BCUT2D eigenvalue weighted by atomic mass is 16.3. The Labute approximate surface area is 129 Å². The van der Waals surface area contributed by atoms with Gasteiger partial charge in [-0.05, 0) is 67.9 Å². The number of hydrogen-bond acceptors (Lipinski definition) is 1. The maximum Gasteiger partial charge on any atom is 0.0707 e. The van der Waals surface area contributed by atoms with Gasteiger partial charge in [-0.3, -0.25) is 0 Å². The number of fused-ring (bicyclic) bond motifs is 3. The molecule has 3 atom stereocenters. The fourth-order valence-corrected chi connectivity index (χ4v) is 4.87. The van der Waals surface area contributed by atoms with E-state index in [1.165, 1.54) is 24.0 Å². The van der Waals surface area contributed by atoms with Gasteiger partial charge in [-0.1, -0.05) is 45.0 Å². The highest BCUT2D eigenvalue weighted by Gasteiger charge is 2.54. The molecule has 0 aromatic heterocycles. The van der Waals surface area contributed by atoms with Crippen molar-refractivity contribution in [1.29, 1.82) is 0 Å². The van der Waals surface area contributed by atoms with Gasteiger partial charge in [0.05, 0.1) is 5.60 Å². The Kier molecular flexibility index (Phi) is 3.90. The third kappa shape index (κ3) is 2.44. The molecule has 0 aliphatic heterocycles. The van der Waals surface area contributed by atoms with Crippen molar-refractivity contribution in [1.82, 2.24) is 0 Å². The number of rotatable bonds is 3. The zero-order valence-electron chi connectivity index (χ0n) is 13.9. The predicted molar refractivity (Wildman–Crippen MR) is 88.5 cm³/mol. The minimum Gasteiger partial charge on any atom is -0.389 e. The van der Waals surface area contributed by atoms with Gasteiger partial charge in [0.2, 0.25) is 0 Å². The highest BCUT2D eigenvalue weighted by molar-refractivity contribution is 5.36. The molecular weight excluding hydrogens is 256 g/mol. The van der Waals surface area contributed by atoms with Crippen molar-refractivity contribution < 1.29 is 5.11 Å². The maximum absolute atomic E-state index is 11.5. The lowest BCUT2D eigenvalue weighted by molar-refractivity contribution is -0.132. The monoisotopic (exact) mass is 286 g/mol. The smallest absolute Gasteiger partial charge is 0.0707 e. The van der Waals surface area contributed by atoms with Gasteiger partial charge in [-0.2, -0.15) is 0 Å². The molecule has 3 rings (SSSR count). The zero-order chi connectivity index (χ0) is 15.1. The Morgan fingerprint density at radius 2 is 2.00 bits per heavy atom. The van der Waals surface area contributed by atoms with Crippen LogP contribution >= 0.6 is 0 Å². The fraction of sp³-hybridized carbons (Fsp3) is 0.700. The minimum atomic E-state index is -0.465. The summed E-state index contributed by atoms with van der Waals surface area (Å²) >= 11 is 0. The summed E-state index contributed by atoms with van der Waals surface area (Å²) in [5.41, 5.74) is 2.64. The summed E-state index contributed by atoms with van der Waals surface area (Å²) in [6.45, 7) is 6.90. The summed E-state index contributed by atoms with van der Waals surface area (Å²) in [6.07, 6.45) is 7.80. The maximum atomic E-state index is 11.5. The van der Waals surface area contributed by atoms with Crippen LogP contribution in [0, 0.1) is 11.3 Å². The third-order valence-electron chi connectivity index (χ3n) is 6.39. The summed E-state index contributed by atoms with van der Waals surface area (Å²) in [5.74, 6) is 1.22. The van der Waals surface area contributed by atoms with E-state index in [0.717, 1.165) is 32.1 Å². The van der Waals surface area contributed by atoms with Gasteiger partial charge >= 0.3 is 0 Å². The lowest BCUT2D eigenvalue weighted by atomic mass is 9.51. The van der Waals surface area contributed by atoms with Crippen LogP contribution in [0.15, 0.2) is 24.3 Å². The summed E-state index contributed by atoms with van der Waals surface area (Å²) in [4.78, 5) is 0. The molecule has 1 fully saturated rings. The number of aliphatic hydroxyl groups is 1. The van der Waals surface area contributed by atoms with Gasteiger partial charge in [0.25, 0.3) is 0 Å². The molecule has 0 radical (unpaired) electrons. The lowest BCUT2D eigenvalue weighted by Crippen LogP contribution is -2.54. The van der Waals surface area contributed by atoms with Crippen molar-refractivity contribution >= 4 is 0 Å². The van der Waals surface area contributed by atoms with Crippen LogP contribution in [-0.2, 0) is 6.42 Å². The van der Waals surface area contributed by atoms with Gasteiger partial charge in [-0.25, -0.2) is 0 Å². The standard InChI is InChI=1S/C20H30O/c1-15(2)10-14-20(21)12-6-9-18-17-8-5-4-7-16(17)11-13-19(18,20)3/h4-5,7-8,15,18,21H,6,9-14H2,1-3H3. The number of hydrogen-bond donors (Lipinski definition) is 1. The van der Waals surface area contributed by atoms with Crippen molar-refractivity contribution in [2.24, 2.45) is 11.3 Å². The van der Waals surface area contributed by atoms with Crippen molar-refractivity contribution in [3.05, 3.63) is 35.4 Å². The van der Waals surface area contributed by atoms with E-state index in [-0.39, 0.29) is 5.41 Å². The molecule has 0 amide bonds. The first-order valence-electron chi connectivity index (χ1n) is 8.76. The normalized spacial score (nSPS) is 35.4. The molecule has 3 unspecified atom stereocenters. The van der Waals surface area contributed by atoms with E-state index in [1.807, 2.05) is 0 Å². The van der Waals surface area contributed by atoms with Crippen LogP contribution in [0.5, 0.6) is 0 Å². The summed E-state index contributed by atoms with van der Waals surface area (Å²) in [5, 5.41) is 11.5. The van der Waals surface area contributed by atoms with Crippen LogP contribution in [0.3, 0.4) is 0 Å². The second-order valence-electron chi connectivity index (χ2n) is 8.03. The molecule has 1 N–H and O–H groups in total. The molecule has 1 saturated carbocycles. The molecule has 0 saturated heterocycles. The second-order valence-corrected chi connectivity index (χ2v) is 8.03. The Hall–Kier alpha value is -0.820. The van der Waals surface area contributed by atoms with Gasteiger partial charge in [0.15, 0.2) is 0 Å². The number of aryl methyl sites for hydroxylation is 1. The van der Waals surface area contributed by atoms with Crippen LogP contribution in [0.1, 0.15) is 76.3 Å². The molecule has 1 nitrogen and oxygen atoms in total. The molecule has 2 aliphatic rings. The molecule has 0 spiro atoms. The lowest BCUT2D eigenvalue weighted by Gasteiger charge is -2.56. The van der Waals surface area contributed by atoms with Gasteiger partial charge in [0, 0.05) is 5.41 Å². The Bertz CT molecular complexity index is 506. The first-order valence-corrected chi connectivity index (χ1v) is 8.76. The first kappa shape index (κ1) is 15.1. The quantitative estimate of drug-likeness (QED) is 0.822. The molecule has 21 heavy (non-hydrogen) atoms. The molecular formula is C20H30O. The van der Waals surface area contributed by atoms with E-state index in [0.29, 0.717) is 11.8 Å². The molecule has 2 aliphatic carbocycles. The van der Waals surface area contributed by atoms with E-state index < -0.39 is 5.60 Å². The van der Waals surface area contributed by atoms with Crippen molar-refractivity contribution in [2.75, 3.05) is 0 Å². The average molecular weight is 286 g/mol. The van der Waals surface area contributed by atoms with Crippen LogP contribution < -0.4 is 0 Å². The fourth-order valence-electron chi connectivity index (χ4n) is 4.87. The van der Waals surface area contributed by atoms with E-state index in [9.17, 15) is 5.11 Å². The van der Waals surface area contributed by atoms with E-state index in [2.05, 4.69) is 45.0 Å². The van der Waals surface area contributed by atoms with Crippen LogP contribution in [0.25, 0.3) is 0 Å². The Balaban J connectivity index is 1.94. The molecule has 1 aromatic carbocycles. The van der Waals surface area contributed by atoms with E-state index >= 15 is 0 Å². The molecule has 1 heteroatoms. The first-order chi connectivity index (χ1) is 9.96. The van der Waals surface area contributed by atoms with Crippen LogP contribution in [0.4, 0.5) is 0 Å². The Morgan fingerprint density at radius 1 is 1.24 bits per heavy atom. The molecule has 116 valence electrons. The van der Waals surface area contributed by atoms with Crippen molar-refractivity contribution in [3.8, 4) is 0 Å². The molecule has 1 aromatic rings. The minimum absolute atomic E-state index is 0.0640. The average Bonchev–Trinajstić information content (AvgIpc) is 2.47.